The molecule has 0 bridgehead atoms. The number of aromatic nitrogens is 4. The molecule has 0 fully saturated rings. The molecule has 2 heterocycles. The van der Waals surface area contributed by atoms with Gasteiger partial charge in [0.2, 0.25) is 0 Å². The predicted octanol–water partition coefficient (Wildman–Crippen LogP) is -0.936. The molecule has 0 saturated carbocycles. The second kappa shape index (κ2) is 6.23. The smallest absolute Gasteiger partial charge is 0.332 e. The average molecular weight is 295 g/mol. The zero-order chi connectivity index (χ0) is 15.6. The zero-order valence-electron chi connectivity index (χ0n) is 12.6. The van der Waals surface area contributed by atoms with Gasteiger partial charge in [-0.3, -0.25) is 13.9 Å². The number of nitrogens with two attached hydrogens (primary N) is 1. The van der Waals surface area contributed by atoms with Gasteiger partial charge in [-0.05, 0) is 6.92 Å². The van der Waals surface area contributed by atoms with Crippen LogP contribution in [0.2, 0.25) is 0 Å². The van der Waals surface area contributed by atoms with Crippen LogP contribution in [-0.2, 0) is 31.3 Å². The molecule has 0 aliphatic carbocycles. The highest BCUT2D eigenvalue weighted by Crippen LogP contribution is 2.12. The lowest BCUT2D eigenvalue weighted by Crippen LogP contribution is -2.38. The number of hydrogen-bond acceptors (Lipinski definition) is 5. The lowest BCUT2D eigenvalue weighted by Gasteiger charge is -2.08. The highest BCUT2D eigenvalue weighted by molar-refractivity contribution is 5.71. The number of rotatable bonds is 6. The molecule has 0 amide bonds. The minimum atomic E-state index is -0.356. The maximum atomic E-state index is 12.4. The van der Waals surface area contributed by atoms with Gasteiger partial charge in [0, 0.05) is 40.2 Å². The molecule has 2 N–H and O–H groups in total. The normalized spacial score (nSPS) is 11.4. The Morgan fingerprint density at radius 1 is 1.29 bits per heavy atom. The third-order valence-corrected chi connectivity index (χ3v) is 3.51. The molecular formula is C13H21N5O3. The molecule has 21 heavy (non-hydrogen) atoms. The van der Waals surface area contributed by atoms with Crippen LogP contribution < -0.4 is 17.0 Å². The third-order valence-electron chi connectivity index (χ3n) is 3.51. The average Bonchev–Trinajstić information content (AvgIpc) is 2.82. The molecular weight excluding hydrogens is 274 g/mol. The van der Waals surface area contributed by atoms with Crippen molar-refractivity contribution in [3.8, 4) is 0 Å². The Kier molecular flexibility index (Phi) is 4.59. The fourth-order valence-corrected chi connectivity index (χ4v) is 2.44. The molecule has 2 aromatic rings. The second-order valence-electron chi connectivity index (χ2n) is 4.77. The predicted molar refractivity (Wildman–Crippen MR) is 79.5 cm³/mol. The van der Waals surface area contributed by atoms with Crippen LogP contribution in [0.25, 0.3) is 11.2 Å². The monoisotopic (exact) mass is 295 g/mol. The van der Waals surface area contributed by atoms with Crippen molar-refractivity contribution < 1.29 is 4.74 Å². The van der Waals surface area contributed by atoms with E-state index in [2.05, 4.69) is 4.98 Å². The van der Waals surface area contributed by atoms with Gasteiger partial charge >= 0.3 is 5.69 Å². The zero-order valence-corrected chi connectivity index (χ0v) is 12.6. The highest BCUT2D eigenvalue weighted by atomic mass is 16.5. The number of nitrogens with zero attached hydrogens (tertiary/aromatic N) is 4. The van der Waals surface area contributed by atoms with Gasteiger partial charge in [-0.1, -0.05) is 0 Å². The molecule has 0 radical (unpaired) electrons. The van der Waals surface area contributed by atoms with Crippen LogP contribution in [0.1, 0.15) is 12.7 Å². The molecule has 0 spiro atoms. The van der Waals surface area contributed by atoms with E-state index in [1.54, 1.807) is 11.7 Å². The van der Waals surface area contributed by atoms with Crippen LogP contribution in [0.3, 0.4) is 0 Å². The van der Waals surface area contributed by atoms with E-state index < -0.39 is 0 Å². The van der Waals surface area contributed by atoms with Crippen molar-refractivity contribution in [1.29, 1.82) is 0 Å². The van der Waals surface area contributed by atoms with E-state index in [9.17, 15) is 9.59 Å². The third kappa shape index (κ3) is 2.52. The summed E-state index contributed by atoms with van der Waals surface area (Å²) in [7, 11) is 3.09. The van der Waals surface area contributed by atoms with Crippen molar-refractivity contribution in [2.45, 2.75) is 26.4 Å². The minimum Gasteiger partial charge on any atom is -0.384 e. The molecule has 0 saturated heterocycles. The van der Waals surface area contributed by atoms with E-state index in [1.165, 1.54) is 11.6 Å². The van der Waals surface area contributed by atoms with Gasteiger partial charge < -0.3 is 15.0 Å². The van der Waals surface area contributed by atoms with Gasteiger partial charge in [0.1, 0.15) is 5.82 Å². The Bertz CT molecular complexity index is 756. The van der Waals surface area contributed by atoms with E-state index in [-0.39, 0.29) is 11.2 Å². The maximum Gasteiger partial charge on any atom is 0.332 e. The van der Waals surface area contributed by atoms with E-state index in [1.807, 2.05) is 6.92 Å². The Labute approximate surface area is 121 Å². The molecule has 0 aromatic carbocycles. The Hall–Kier alpha value is -1.93. The first kappa shape index (κ1) is 15.5. The van der Waals surface area contributed by atoms with E-state index in [0.29, 0.717) is 49.7 Å². The standard InChI is InChI=1S/C13H21N5O3/c1-4-17-11-10(12(19)16(2)13(17)20)18(7-6-14)9(15-11)5-8-21-3/h4-8,14H2,1-3H3. The SMILES string of the molecule is CCn1c(=O)n(C)c(=O)c2c1nc(CCOC)n2CCN. The van der Waals surface area contributed by atoms with Crippen molar-refractivity contribution in [2.75, 3.05) is 20.3 Å². The molecule has 0 aliphatic heterocycles. The Morgan fingerprint density at radius 3 is 2.57 bits per heavy atom. The van der Waals surface area contributed by atoms with Gasteiger partial charge in [0.25, 0.3) is 5.56 Å². The summed E-state index contributed by atoms with van der Waals surface area (Å²) in [5, 5.41) is 0. The van der Waals surface area contributed by atoms with Crippen LogP contribution in [0, 0.1) is 0 Å². The van der Waals surface area contributed by atoms with Crippen LogP contribution >= 0.6 is 0 Å². The van der Waals surface area contributed by atoms with Gasteiger partial charge in [-0.15, -0.1) is 0 Å². The van der Waals surface area contributed by atoms with Crippen molar-refractivity contribution in [3.05, 3.63) is 26.7 Å². The van der Waals surface area contributed by atoms with E-state index in [0.717, 1.165) is 4.57 Å². The summed E-state index contributed by atoms with van der Waals surface area (Å²) in [6.45, 7) is 3.66. The number of imidazole rings is 1. The van der Waals surface area contributed by atoms with Crippen molar-refractivity contribution >= 4 is 11.2 Å². The van der Waals surface area contributed by atoms with Crippen LogP contribution in [0.5, 0.6) is 0 Å². The molecule has 2 aromatic heterocycles. The van der Waals surface area contributed by atoms with Crippen LogP contribution in [0.4, 0.5) is 0 Å². The number of fused-ring (bicyclic) bond motifs is 1. The Morgan fingerprint density at radius 2 is 2.00 bits per heavy atom. The van der Waals surface area contributed by atoms with Crippen molar-refractivity contribution in [3.63, 3.8) is 0 Å². The minimum absolute atomic E-state index is 0.343. The first-order chi connectivity index (χ1) is 10.1. The summed E-state index contributed by atoms with van der Waals surface area (Å²) < 4.78 is 9.48. The highest BCUT2D eigenvalue weighted by Gasteiger charge is 2.19. The molecule has 0 aliphatic rings. The number of hydrogen-bond donors (Lipinski definition) is 1. The van der Waals surface area contributed by atoms with Gasteiger partial charge in [-0.2, -0.15) is 0 Å². The molecule has 116 valence electrons. The fourth-order valence-electron chi connectivity index (χ4n) is 2.44. The number of methoxy groups -OCH3 is 1. The lowest BCUT2D eigenvalue weighted by molar-refractivity contribution is 0.199. The molecule has 2 rings (SSSR count). The number of ether oxygens (including phenoxy) is 1. The van der Waals surface area contributed by atoms with Crippen molar-refractivity contribution in [2.24, 2.45) is 12.8 Å². The van der Waals surface area contributed by atoms with Crippen molar-refractivity contribution in [1.82, 2.24) is 18.7 Å². The van der Waals surface area contributed by atoms with Gasteiger partial charge in [0.05, 0.1) is 6.61 Å². The molecule has 0 unspecified atom stereocenters. The van der Waals surface area contributed by atoms with Gasteiger partial charge in [-0.25, -0.2) is 9.78 Å². The summed E-state index contributed by atoms with van der Waals surface area (Å²) in [5.41, 5.74) is 5.79. The first-order valence-electron chi connectivity index (χ1n) is 6.94. The quantitative estimate of drug-likeness (QED) is 0.742. The topological polar surface area (TPSA) is 97.1 Å². The first-order valence-corrected chi connectivity index (χ1v) is 6.94. The number of aryl methyl sites for hydroxylation is 1. The largest absolute Gasteiger partial charge is 0.384 e. The Balaban J connectivity index is 2.83. The summed E-state index contributed by atoms with van der Waals surface area (Å²) in [5.74, 6) is 0.710. The van der Waals surface area contributed by atoms with E-state index >= 15 is 0 Å². The summed E-state index contributed by atoms with van der Waals surface area (Å²) in [6.07, 6.45) is 0.562. The van der Waals surface area contributed by atoms with E-state index in [4.69, 9.17) is 10.5 Å². The molecule has 8 nitrogen and oxygen atoms in total. The summed E-state index contributed by atoms with van der Waals surface area (Å²) in [6, 6.07) is 0. The fraction of sp³-hybridized carbons (Fsp3) is 0.615. The maximum absolute atomic E-state index is 12.4. The molecule has 8 heteroatoms. The van der Waals surface area contributed by atoms with Gasteiger partial charge in [0.15, 0.2) is 11.2 Å². The lowest BCUT2D eigenvalue weighted by atomic mass is 10.4. The molecule has 0 atom stereocenters. The second-order valence-corrected chi connectivity index (χ2v) is 4.77. The summed E-state index contributed by atoms with van der Waals surface area (Å²) in [4.78, 5) is 29.1. The summed E-state index contributed by atoms with van der Waals surface area (Å²) >= 11 is 0. The van der Waals surface area contributed by atoms with Crippen LogP contribution in [0.15, 0.2) is 9.59 Å². The van der Waals surface area contributed by atoms with Crippen LogP contribution in [-0.4, -0.2) is 38.9 Å².